The Hall–Kier alpha value is -3.53. The van der Waals surface area contributed by atoms with Gasteiger partial charge in [0.2, 0.25) is 5.91 Å². The van der Waals surface area contributed by atoms with Gasteiger partial charge in [0.1, 0.15) is 35.6 Å². The zero-order valence-electron chi connectivity index (χ0n) is 17.0. The predicted octanol–water partition coefficient (Wildman–Crippen LogP) is 3.73. The maximum absolute atomic E-state index is 12.0. The molecule has 0 N–H and O–H groups in total. The number of anilines is 1. The Labute approximate surface area is 176 Å². The highest BCUT2D eigenvalue weighted by molar-refractivity contribution is 5.76. The number of rotatable bonds is 5. The second-order valence-corrected chi connectivity index (χ2v) is 7.32. The van der Waals surface area contributed by atoms with Crippen LogP contribution in [0.3, 0.4) is 0 Å². The van der Waals surface area contributed by atoms with Crippen LogP contribution >= 0.6 is 0 Å². The maximum atomic E-state index is 12.0. The summed E-state index contributed by atoms with van der Waals surface area (Å²) in [6.45, 7) is 3.25. The van der Waals surface area contributed by atoms with Crippen molar-refractivity contribution in [1.82, 2.24) is 9.88 Å². The summed E-state index contributed by atoms with van der Waals surface area (Å²) in [5.41, 5.74) is 2.19. The number of carbonyl (C=O) groups is 1. The zero-order chi connectivity index (χ0) is 20.9. The SMILES string of the molecule is CCC(=O)N1CC[C@H](OC2=C(C3=CN(c4ccnc(C#N)c4)C=CO3)CCC=C2)C1. The smallest absolute Gasteiger partial charge is 0.222 e. The molecule has 1 aromatic heterocycles. The summed E-state index contributed by atoms with van der Waals surface area (Å²) < 4.78 is 12.1. The molecular formula is C23H24N4O3. The van der Waals surface area contributed by atoms with Gasteiger partial charge < -0.3 is 19.3 Å². The van der Waals surface area contributed by atoms with E-state index in [0.29, 0.717) is 24.4 Å². The van der Waals surface area contributed by atoms with Gasteiger partial charge in [-0.3, -0.25) is 4.79 Å². The lowest BCUT2D eigenvalue weighted by Crippen LogP contribution is -2.29. The summed E-state index contributed by atoms with van der Waals surface area (Å²) in [7, 11) is 0. The van der Waals surface area contributed by atoms with Crippen LogP contribution in [0.5, 0.6) is 0 Å². The number of pyridine rings is 1. The lowest BCUT2D eigenvalue weighted by atomic mass is 10.0. The molecule has 3 heterocycles. The number of amides is 1. The molecule has 0 saturated carbocycles. The molecule has 1 fully saturated rings. The van der Waals surface area contributed by atoms with Crippen molar-refractivity contribution >= 4 is 11.6 Å². The first-order chi connectivity index (χ1) is 14.7. The van der Waals surface area contributed by atoms with Crippen LogP contribution in [0.1, 0.15) is 38.3 Å². The Morgan fingerprint density at radius 1 is 1.47 bits per heavy atom. The molecule has 1 aliphatic carbocycles. The third-order valence-corrected chi connectivity index (χ3v) is 5.35. The van der Waals surface area contributed by atoms with Crippen LogP contribution in [0.4, 0.5) is 5.69 Å². The summed E-state index contributed by atoms with van der Waals surface area (Å²) in [6, 6.07) is 5.64. The quantitative estimate of drug-likeness (QED) is 0.744. The maximum Gasteiger partial charge on any atom is 0.222 e. The highest BCUT2D eigenvalue weighted by Gasteiger charge is 2.28. The van der Waals surface area contributed by atoms with Gasteiger partial charge in [-0.05, 0) is 31.1 Å². The summed E-state index contributed by atoms with van der Waals surface area (Å²) in [6.07, 6.45) is 14.1. The third kappa shape index (κ3) is 4.23. The number of ether oxygens (including phenoxy) is 2. The number of nitriles is 1. The van der Waals surface area contributed by atoms with Crippen molar-refractivity contribution in [2.75, 3.05) is 18.0 Å². The van der Waals surface area contributed by atoms with Gasteiger partial charge in [-0.2, -0.15) is 5.26 Å². The molecule has 0 unspecified atom stereocenters. The second kappa shape index (κ2) is 8.87. The average molecular weight is 404 g/mol. The molecule has 30 heavy (non-hydrogen) atoms. The number of hydrogen-bond acceptors (Lipinski definition) is 6. The molecule has 3 aliphatic rings. The van der Waals surface area contributed by atoms with Gasteiger partial charge >= 0.3 is 0 Å². The number of carbonyl (C=O) groups excluding carboxylic acids is 1. The van der Waals surface area contributed by atoms with Crippen molar-refractivity contribution < 1.29 is 14.3 Å². The third-order valence-electron chi connectivity index (χ3n) is 5.35. The topological polar surface area (TPSA) is 78.7 Å². The predicted molar refractivity (Wildman–Crippen MR) is 112 cm³/mol. The van der Waals surface area contributed by atoms with Crippen LogP contribution in [0.25, 0.3) is 0 Å². The van der Waals surface area contributed by atoms with Crippen molar-refractivity contribution in [1.29, 1.82) is 5.26 Å². The molecule has 0 bridgehead atoms. The highest BCUT2D eigenvalue weighted by atomic mass is 16.5. The Balaban J connectivity index is 1.55. The minimum atomic E-state index is -0.0116. The summed E-state index contributed by atoms with van der Waals surface area (Å²) in [5.74, 6) is 1.68. The minimum absolute atomic E-state index is 0.0116. The molecular weight excluding hydrogens is 380 g/mol. The molecule has 0 aromatic carbocycles. The normalized spacial score (nSPS) is 20.7. The van der Waals surface area contributed by atoms with E-state index in [2.05, 4.69) is 17.1 Å². The molecule has 1 saturated heterocycles. The fourth-order valence-electron chi connectivity index (χ4n) is 3.77. The first kappa shape index (κ1) is 19.8. The van der Waals surface area contributed by atoms with E-state index >= 15 is 0 Å². The van der Waals surface area contributed by atoms with Crippen molar-refractivity contribution in [3.8, 4) is 6.07 Å². The molecule has 7 heteroatoms. The van der Waals surface area contributed by atoms with Gasteiger partial charge in [-0.1, -0.05) is 13.0 Å². The van der Waals surface area contributed by atoms with Crippen molar-refractivity contribution in [3.05, 3.63) is 71.9 Å². The summed E-state index contributed by atoms with van der Waals surface area (Å²) in [4.78, 5) is 19.8. The Bertz CT molecular complexity index is 986. The monoisotopic (exact) mass is 404 g/mol. The molecule has 4 rings (SSSR count). The number of aromatic nitrogens is 1. The number of allylic oxidation sites excluding steroid dienone is 3. The van der Waals surface area contributed by atoms with Crippen molar-refractivity contribution in [2.24, 2.45) is 0 Å². The fraction of sp³-hybridized carbons (Fsp3) is 0.348. The van der Waals surface area contributed by atoms with Gasteiger partial charge in [0.25, 0.3) is 0 Å². The first-order valence-electron chi connectivity index (χ1n) is 10.2. The van der Waals surface area contributed by atoms with Crippen LogP contribution in [-0.4, -0.2) is 35.0 Å². The van der Waals surface area contributed by atoms with Crippen molar-refractivity contribution in [2.45, 2.75) is 38.7 Å². The van der Waals surface area contributed by atoms with Gasteiger partial charge in [0.15, 0.2) is 0 Å². The number of likely N-dealkylation sites (tertiary alicyclic amines) is 1. The molecule has 1 amide bonds. The van der Waals surface area contributed by atoms with E-state index in [0.717, 1.165) is 42.8 Å². The van der Waals surface area contributed by atoms with E-state index in [1.807, 2.05) is 35.1 Å². The Kier molecular flexibility index (Phi) is 5.84. The van der Waals surface area contributed by atoms with Crippen LogP contribution in [0, 0.1) is 11.3 Å². The summed E-state index contributed by atoms with van der Waals surface area (Å²) in [5, 5.41) is 9.11. The standard InChI is InChI=1S/C23H24N4O3/c1-2-23(28)27-10-8-19(15-27)30-21-6-4-3-5-20(21)22-16-26(11-12-29-22)18-7-9-25-17(13-18)14-24/h4,6-7,9,11-13,16,19H,2-3,5,8,10,15H2,1H3/t19-/m0/s1. The molecule has 0 spiro atoms. The van der Waals surface area contributed by atoms with Crippen molar-refractivity contribution in [3.63, 3.8) is 0 Å². The van der Waals surface area contributed by atoms with Crippen LogP contribution in [0.2, 0.25) is 0 Å². The molecule has 0 radical (unpaired) electrons. The van der Waals surface area contributed by atoms with E-state index in [4.69, 9.17) is 14.7 Å². The van der Waals surface area contributed by atoms with E-state index in [9.17, 15) is 4.79 Å². The fourth-order valence-corrected chi connectivity index (χ4v) is 3.77. The van der Waals surface area contributed by atoms with Gasteiger partial charge in [0.05, 0.1) is 12.7 Å². The van der Waals surface area contributed by atoms with E-state index < -0.39 is 0 Å². The molecule has 2 aliphatic heterocycles. The largest absolute Gasteiger partial charge is 0.488 e. The van der Waals surface area contributed by atoms with Crippen LogP contribution < -0.4 is 4.90 Å². The first-order valence-corrected chi connectivity index (χ1v) is 10.2. The van der Waals surface area contributed by atoms with Crippen LogP contribution in [0.15, 0.2) is 66.2 Å². The number of hydrogen-bond donors (Lipinski definition) is 0. The van der Waals surface area contributed by atoms with Gasteiger partial charge in [-0.15, -0.1) is 0 Å². The van der Waals surface area contributed by atoms with Crippen LogP contribution in [-0.2, 0) is 14.3 Å². The highest BCUT2D eigenvalue weighted by Crippen LogP contribution is 2.32. The lowest BCUT2D eigenvalue weighted by Gasteiger charge is -2.26. The Morgan fingerprint density at radius 3 is 3.20 bits per heavy atom. The molecule has 7 nitrogen and oxygen atoms in total. The molecule has 1 atom stereocenters. The van der Waals surface area contributed by atoms with E-state index in [1.165, 1.54) is 0 Å². The van der Waals surface area contributed by atoms with Gasteiger partial charge in [-0.25, -0.2) is 4.98 Å². The van der Waals surface area contributed by atoms with E-state index in [-0.39, 0.29) is 12.0 Å². The molecule has 154 valence electrons. The minimum Gasteiger partial charge on any atom is -0.488 e. The van der Waals surface area contributed by atoms with E-state index in [1.54, 1.807) is 24.7 Å². The zero-order valence-corrected chi connectivity index (χ0v) is 17.0. The Morgan fingerprint density at radius 2 is 2.37 bits per heavy atom. The summed E-state index contributed by atoms with van der Waals surface area (Å²) >= 11 is 0. The van der Waals surface area contributed by atoms with Gasteiger partial charge in [0, 0.05) is 43.0 Å². The second-order valence-electron chi connectivity index (χ2n) is 7.32. The lowest BCUT2D eigenvalue weighted by molar-refractivity contribution is -0.130. The average Bonchev–Trinajstić information content (AvgIpc) is 3.27. The molecule has 1 aromatic rings. The number of nitrogens with zero attached hydrogens (tertiary/aromatic N) is 4.